The zero-order valence-corrected chi connectivity index (χ0v) is 22.3. The van der Waals surface area contributed by atoms with Crippen molar-refractivity contribution in [3.8, 4) is 0 Å². The molecule has 190 valence electrons. The Morgan fingerprint density at radius 2 is 1.50 bits per heavy atom. The fraction of sp³-hybridized carbons (Fsp3) is 0.355. The molecule has 0 saturated heterocycles. The average molecular weight is 505 g/mol. The molecule has 5 heteroatoms. The standard InChI is InChI=1S/C31H37ClN2O2/c1-4-20-33-31(36)29(21-25-8-6-5-7-9-25)34(22-26-12-17-28(32)18-13-26)30(35)19-14-24-10-15-27(16-11-24)23(2)3/h5-13,15-18,23,29H,4,14,19-22H2,1-3H3,(H,33,36)/t29-/m1/s1. The van der Waals surface area contributed by atoms with Crippen LogP contribution >= 0.6 is 11.6 Å². The Morgan fingerprint density at radius 1 is 0.861 bits per heavy atom. The number of nitrogens with zero attached hydrogens (tertiary/aromatic N) is 1. The molecule has 0 bridgehead atoms. The van der Waals surface area contributed by atoms with E-state index in [4.69, 9.17) is 11.6 Å². The predicted octanol–water partition coefficient (Wildman–Crippen LogP) is 6.56. The number of carbonyl (C=O) groups excluding carboxylic acids is 2. The SMILES string of the molecule is CCCNC(=O)[C@@H](Cc1ccccc1)N(Cc1ccc(Cl)cc1)C(=O)CCc1ccc(C(C)C)cc1. The van der Waals surface area contributed by atoms with Crippen molar-refractivity contribution in [2.45, 2.75) is 65.0 Å². The minimum atomic E-state index is -0.606. The van der Waals surface area contributed by atoms with Gasteiger partial charge in [0, 0.05) is 31.0 Å². The van der Waals surface area contributed by atoms with Crippen molar-refractivity contribution in [2.24, 2.45) is 0 Å². The summed E-state index contributed by atoms with van der Waals surface area (Å²) in [5.41, 5.74) is 4.36. The Morgan fingerprint density at radius 3 is 2.11 bits per heavy atom. The van der Waals surface area contributed by atoms with Crippen molar-refractivity contribution in [3.05, 3.63) is 106 Å². The van der Waals surface area contributed by atoms with Crippen LogP contribution in [0.4, 0.5) is 0 Å². The van der Waals surface area contributed by atoms with Gasteiger partial charge in [0.25, 0.3) is 0 Å². The van der Waals surface area contributed by atoms with Crippen molar-refractivity contribution in [3.63, 3.8) is 0 Å². The van der Waals surface area contributed by atoms with Crippen molar-refractivity contribution in [1.29, 1.82) is 0 Å². The number of amides is 2. The van der Waals surface area contributed by atoms with Gasteiger partial charge in [0.15, 0.2) is 0 Å². The number of halogens is 1. The second-order valence-electron chi connectivity index (χ2n) is 9.54. The van der Waals surface area contributed by atoms with Gasteiger partial charge in [-0.2, -0.15) is 0 Å². The zero-order valence-electron chi connectivity index (χ0n) is 21.5. The Hall–Kier alpha value is -3.11. The lowest BCUT2D eigenvalue weighted by Gasteiger charge is -2.31. The van der Waals surface area contributed by atoms with Crippen LogP contribution < -0.4 is 5.32 Å². The Bertz CT molecular complexity index is 1100. The van der Waals surface area contributed by atoms with Gasteiger partial charge in [0.2, 0.25) is 11.8 Å². The summed E-state index contributed by atoms with van der Waals surface area (Å²) in [4.78, 5) is 28.8. The zero-order chi connectivity index (χ0) is 25.9. The molecule has 3 aromatic rings. The molecule has 0 radical (unpaired) electrons. The van der Waals surface area contributed by atoms with Crippen LogP contribution in [0.2, 0.25) is 5.02 Å². The number of nitrogens with one attached hydrogen (secondary N) is 1. The van der Waals surface area contributed by atoms with E-state index in [1.807, 2.05) is 61.5 Å². The molecule has 0 aliphatic rings. The summed E-state index contributed by atoms with van der Waals surface area (Å²) in [6, 6.07) is 25.2. The molecule has 1 N–H and O–H groups in total. The first-order chi connectivity index (χ1) is 17.4. The van der Waals surface area contributed by atoms with Crippen molar-refractivity contribution >= 4 is 23.4 Å². The molecule has 1 atom stereocenters. The third-order valence-electron chi connectivity index (χ3n) is 6.36. The second-order valence-corrected chi connectivity index (χ2v) is 9.98. The van der Waals surface area contributed by atoms with E-state index in [-0.39, 0.29) is 11.8 Å². The van der Waals surface area contributed by atoms with E-state index in [2.05, 4.69) is 43.4 Å². The first-order valence-corrected chi connectivity index (χ1v) is 13.2. The molecule has 0 fully saturated rings. The maximum atomic E-state index is 13.7. The van der Waals surface area contributed by atoms with E-state index in [9.17, 15) is 9.59 Å². The smallest absolute Gasteiger partial charge is 0.243 e. The summed E-state index contributed by atoms with van der Waals surface area (Å²) in [5, 5.41) is 3.66. The van der Waals surface area contributed by atoms with Gasteiger partial charge >= 0.3 is 0 Å². The lowest BCUT2D eigenvalue weighted by molar-refractivity contribution is -0.141. The monoisotopic (exact) mass is 504 g/mol. The van der Waals surface area contributed by atoms with Crippen LogP contribution in [0.3, 0.4) is 0 Å². The normalized spacial score (nSPS) is 11.8. The fourth-order valence-corrected chi connectivity index (χ4v) is 4.30. The van der Waals surface area contributed by atoms with Crippen molar-refractivity contribution in [1.82, 2.24) is 10.2 Å². The Kier molecular flexibility index (Phi) is 10.6. The van der Waals surface area contributed by atoms with E-state index in [1.165, 1.54) is 5.56 Å². The molecule has 0 aromatic heterocycles. The number of carbonyl (C=O) groups is 2. The molecule has 0 saturated carbocycles. The van der Waals surface area contributed by atoms with Crippen LogP contribution in [-0.2, 0) is 29.0 Å². The van der Waals surface area contributed by atoms with Gasteiger partial charge in [-0.15, -0.1) is 0 Å². The first-order valence-electron chi connectivity index (χ1n) is 12.8. The van der Waals surface area contributed by atoms with Crippen molar-refractivity contribution in [2.75, 3.05) is 6.54 Å². The van der Waals surface area contributed by atoms with E-state index in [0.717, 1.165) is 23.1 Å². The van der Waals surface area contributed by atoms with Crippen LogP contribution in [0, 0.1) is 0 Å². The molecule has 0 spiro atoms. The minimum absolute atomic E-state index is 0.0366. The Labute approximate surface area is 220 Å². The first kappa shape index (κ1) is 27.5. The summed E-state index contributed by atoms with van der Waals surface area (Å²) in [6.07, 6.45) is 2.25. The molecule has 3 rings (SSSR count). The van der Waals surface area contributed by atoms with E-state index < -0.39 is 6.04 Å². The maximum absolute atomic E-state index is 13.7. The van der Waals surface area contributed by atoms with Crippen molar-refractivity contribution < 1.29 is 9.59 Å². The predicted molar refractivity (Wildman–Crippen MR) is 148 cm³/mol. The van der Waals surface area contributed by atoms with Gasteiger partial charge in [-0.05, 0) is 53.1 Å². The van der Waals surface area contributed by atoms with E-state index >= 15 is 0 Å². The second kappa shape index (κ2) is 13.8. The molecule has 3 aromatic carbocycles. The number of benzene rings is 3. The quantitative estimate of drug-likeness (QED) is 0.303. The number of aryl methyl sites for hydroxylation is 1. The molecule has 0 heterocycles. The summed E-state index contributed by atoms with van der Waals surface area (Å²) < 4.78 is 0. The minimum Gasteiger partial charge on any atom is -0.354 e. The number of hydrogen-bond donors (Lipinski definition) is 1. The summed E-state index contributed by atoms with van der Waals surface area (Å²) >= 11 is 6.09. The lowest BCUT2D eigenvalue weighted by Crippen LogP contribution is -2.50. The maximum Gasteiger partial charge on any atom is 0.243 e. The number of hydrogen-bond acceptors (Lipinski definition) is 2. The van der Waals surface area contributed by atoms with Gasteiger partial charge < -0.3 is 10.2 Å². The topological polar surface area (TPSA) is 49.4 Å². The van der Waals surface area contributed by atoms with Gasteiger partial charge in [-0.25, -0.2) is 0 Å². The highest BCUT2D eigenvalue weighted by molar-refractivity contribution is 6.30. The van der Waals surface area contributed by atoms with Crippen LogP contribution in [0.1, 0.15) is 61.8 Å². The van der Waals surface area contributed by atoms with E-state index in [1.54, 1.807) is 4.90 Å². The van der Waals surface area contributed by atoms with Crippen LogP contribution in [0.5, 0.6) is 0 Å². The number of rotatable bonds is 12. The third kappa shape index (κ3) is 8.23. The van der Waals surface area contributed by atoms with Crippen LogP contribution in [0.25, 0.3) is 0 Å². The summed E-state index contributed by atoms with van der Waals surface area (Å²) in [5.74, 6) is 0.311. The lowest BCUT2D eigenvalue weighted by atomic mass is 9.99. The molecule has 2 amide bonds. The average Bonchev–Trinajstić information content (AvgIpc) is 2.89. The van der Waals surface area contributed by atoms with Crippen LogP contribution in [-0.4, -0.2) is 29.3 Å². The Balaban J connectivity index is 1.85. The molecule has 0 aliphatic carbocycles. The highest BCUT2D eigenvalue weighted by Crippen LogP contribution is 2.19. The molecular weight excluding hydrogens is 468 g/mol. The molecule has 0 aliphatic heterocycles. The summed E-state index contributed by atoms with van der Waals surface area (Å²) in [7, 11) is 0. The molecular formula is C31H37ClN2O2. The molecule has 0 unspecified atom stereocenters. The fourth-order valence-electron chi connectivity index (χ4n) is 4.17. The largest absolute Gasteiger partial charge is 0.354 e. The van der Waals surface area contributed by atoms with Gasteiger partial charge in [-0.3, -0.25) is 9.59 Å². The van der Waals surface area contributed by atoms with Gasteiger partial charge in [0.1, 0.15) is 6.04 Å². The highest BCUT2D eigenvalue weighted by Gasteiger charge is 2.30. The third-order valence-corrected chi connectivity index (χ3v) is 6.61. The van der Waals surface area contributed by atoms with E-state index in [0.29, 0.717) is 43.3 Å². The molecule has 4 nitrogen and oxygen atoms in total. The summed E-state index contributed by atoms with van der Waals surface area (Å²) in [6.45, 7) is 7.29. The molecule has 36 heavy (non-hydrogen) atoms. The van der Waals surface area contributed by atoms with Gasteiger partial charge in [-0.1, -0.05) is 99.1 Å². The van der Waals surface area contributed by atoms with Gasteiger partial charge in [0.05, 0.1) is 0 Å². The highest BCUT2D eigenvalue weighted by atomic mass is 35.5. The van der Waals surface area contributed by atoms with Crippen LogP contribution in [0.15, 0.2) is 78.9 Å².